The zero-order valence-electron chi connectivity index (χ0n) is 6.25. The molecule has 1 aliphatic heterocycles. The molecule has 1 rings (SSSR count). The molecule has 10 heavy (non-hydrogen) atoms. The van der Waals surface area contributed by atoms with Gasteiger partial charge in [0.25, 0.3) is 0 Å². The van der Waals surface area contributed by atoms with Gasteiger partial charge in [-0.05, 0) is 19.8 Å². The number of ether oxygens (including phenoxy) is 1. The summed E-state index contributed by atoms with van der Waals surface area (Å²) in [6.45, 7) is 2.63. The van der Waals surface area contributed by atoms with Gasteiger partial charge in [0.15, 0.2) is 0 Å². The predicted octanol–water partition coefficient (Wildman–Crippen LogP) is 1.54. The SMILES string of the molecule is C/C=N/OC1CCCCO1. The van der Waals surface area contributed by atoms with Crippen LogP contribution in [0.5, 0.6) is 0 Å². The molecule has 3 nitrogen and oxygen atoms in total. The quantitative estimate of drug-likeness (QED) is 0.433. The van der Waals surface area contributed by atoms with Crippen LogP contribution >= 0.6 is 0 Å². The van der Waals surface area contributed by atoms with Gasteiger partial charge in [-0.15, -0.1) is 0 Å². The second-order valence-electron chi connectivity index (χ2n) is 2.27. The van der Waals surface area contributed by atoms with Crippen LogP contribution in [0, 0.1) is 0 Å². The minimum absolute atomic E-state index is 0.0926. The molecule has 1 fully saturated rings. The second kappa shape index (κ2) is 4.28. The summed E-state index contributed by atoms with van der Waals surface area (Å²) in [4.78, 5) is 4.98. The Morgan fingerprint density at radius 3 is 3.10 bits per heavy atom. The Labute approximate surface area is 61.0 Å². The van der Waals surface area contributed by atoms with Crippen LogP contribution in [0.1, 0.15) is 26.2 Å². The topological polar surface area (TPSA) is 30.8 Å². The maximum absolute atomic E-state index is 5.24. The van der Waals surface area contributed by atoms with Crippen molar-refractivity contribution in [2.45, 2.75) is 32.5 Å². The molecule has 0 aromatic rings. The van der Waals surface area contributed by atoms with Crippen LogP contribution in [0.3, 0.4) is 0 Å². The van der Waals surface area contributed by atoms with Crippen LogP contribution in [-0.4, -0.2) is 19.1 Å². The highest BCUT2D eigenvalue weighted by molar-refractivity contribution is 5.52. The molecule has 0 amide bonds. The molecule has 0 aliphatic carbocycles. The van der Waals surface area contributed by atoms with Crippen LogP contribution in [0.4, 0.5) is 0 Å². The molecule has 0 aromatic carbocycles. The van der Waals surface area contributed by atoms with E-state index in [-0.39, 0.29) is 6.29 Å². The minimum Gasteiger partial charge on any atom is -0.364 e. The summed E-state index contributed by atoms with van der Waals surface area (Å²) in [7, 11) is 0. The van der Waals surface area contributed by atoms with Crippen molar-refractivity contribution in [1.82, 2.24) is 0 Å². The fraction of sp³-hybridized carbons (Fsp3) is 0.857. The zero-order chi connectivity index (χ0) is 7.23. The Kier molecular flexibility index (Phi) is 3.22. The van der Waals surface area contributed by atoms with Crippen LogP contribution in [-0.2, 0) is 9.57 Å². The molecule has 1 saturated heterocycles. The average molecular weight is 143 g/mol. The summed E-state index contributed by atoms with van der Waals surface area (Å²) in [6.07, 6.45) is 4.83. The molecule has 0 radical (unpaired) electrons. The van der Waals surface area contributed by atoms with E-state index in [1.54, 1.807) is 6.21 Å². The molecule has 1 heterocycles. The molecule has 0 aromatic heterocycles. The van der Waals surface area contributed by atoms with Crippen LogP contribution in [0.15, 0.2) is 5.16 Å². The van der Waals surface area contributed by atoms with Gasteiger partial charge in [0.2, 0.25) is 6.29 Å². The molecule has 0 saturated carbocycles. The van der Waals surface area contributed by atoms with Gasteiger partial charge in [0.05, 0.1) is 6.61 Å². The number of hydrogen-bond donors (Lipinski definition) is 0. The number of hydrogen-bond acceptors (Lipinski definition) is 3. The first-order chi connectivity index (χ1) is 4.93. The van der Waals surface area contributed by atoms with E-state index in [9.17, 15) is 0 Å². The molecule has 0 N–H and O–H groups in total. The van der Waals surface area contributed by atoms with E-state index in [1.807, 2.05) is 6.92 Å². The Hall–Kier alpha value is -0.570. The van der Waals surface area contributed by atoms with Gasteiger partial charge in [0, 0.05) is 12.6 Å². The van der Waals surface area contributed by atoms with Crippen molar-refractivity contribution < 1.29 is 9.57 Å². The lowest BCUT2D eigenvalue weighted by Gasteiger charge is -2.19. The van der Waals surface area contributed by atoms with Crippen molar-refractivity contribution >= 4 is 6.21 Å². The zero-order valence-corrected chi connectivity index (χ0v) is 6.25. The molecule has 3 heteroatoms. The maximum atomic E-state index is 5.24. The van der Waals surface area contributed by atoms with Crippen molar-refractivity contribution in [3.63, 3.8) is 0 Å². The molecular formula is C7H13NO2. The van der Waals surface area contributed by atoms with Crippen molar-refractivity contribution in [2.75, 3.05) is 6.61 Å². The Balaban J connectivity index is 2.13. The normalized spacial score (nSPS) is 27.1. The van der Waals surface area contributed by atoms with Crippen molar-refractivity contribution in [3.05, 3.63) is 0 Å². The predicted molar refractivity (Wildman–Crippen MR) is 38.8 cm³/mol. The Morgan fingerprint density at radius 2 is 2.50 bits per heavy atom. The third kappa shape index (κ3) is 2.35. The minimum atomic E-state index is -0.0926. The number of oxime groups is 1. The van der Waals surface area contributed by atoms with E-state index in [1.165, 1.54) is 6.42 Å². The van der Waals surface area contributed by atoms with E-state index in [2.05, 4.69) is 5.16 Å². The van der Waals surface area contributed by atoms with Crippen LogP contribution in [0.25, 0.3) is 0 Å². The summed E-state index contributed by atoms with van der Waals surface area (Å²) in [5, 5.41) is 3.65. The number of rotatable bonds is 2. The maximum Gasteiger partial charge on any atom is 0.226 e. The first-order valence-electron chi connectivity index (χ1n) is 3.69. The van der Waals surface area contributed by atoms with E-state index < -0.39 is 0 Å². The van der Waals surface area contributed by atoms with Gasteiger partial charge in [-0.2, -0.15) is 0 Å². The van der Waals surface area contributed by atoms with E-state index in [0.29, 0.717) is 0 Å². The monoisotopic (exact) mass is 143 g/mol. The van der Waals surface area contributed by atoms with Gasteiger partial charge >= 0.3 is 0 Å². The first kappa shape index (κ1) is 7.54. The third-order valence-corrected chi connectivity index (χ3v) is 1.42. The van der Waals surface area contributed by atoms with E-state index in [0.717, 1.165) is 19.4 Å². The standard InChI is InChI=1S/C7H13NO2/c1-2-8-10-7-5-3-4-6-9-7/h2,7H,3-6H2,1H3/b8-2+. The number of nitrogens with zero attached hydrogens (tertiary/aromatic N) is 1. The first-order valence-corrected chi connectivity index (χ1v) is 3.69. The Bertz CT molecular complexity index is 108. The lowest BCUT2D eigenvalue weighted by molar-refractivity contribution is -0.161. The lowest BCUT2D eigenvalue weighted by Crippen LogP contribution is -2.20. The molecule has 0 bridgehead atoms. The molecule has 0 spiro atoms. The van der Waals surface area contributed by atoms with Crippen LogP contribution in [0.2, 0.25) is 0 Å². The van der Waals surface area contributed by atoms with E-state index in [4.69, 9.17) is 9.57 Å². The largest absolute Gasteiger partial charge is 0.364 e. The van der Waals surface area contributed by atoms with Gasteiger partial charge in [-0.3, -0.25) is 0 Å². The highest BCUT2D eigenvalue weighted by atomic mass is 16.8. The Morgan fingerprint density at radius 1 is 1.60 bits per heavy atom. The summed E-state index contributed by atoms with van der Waals surface area (Å²) in [6, 6.07) is 0. The molecular weight excluding hydrogens is 130 g/mol. The average Bonchev–Trinajstić information content (AvgIpc) is 2.03. The van der Waals surface area contributed by atoms with E-state index >= 15 is 0 Å². The highest BCUT2D eigenvalue weighted by Gasteiger charge is 2.13. The second-order valence-corrected chi connectivity index (χ2v) is 2.27. The third-order valence-electron chi connectivity index (χ3n) is 1.42. The van der Waals surface area contributed by atoms with Crippen molar-refractivity contribution in [1.29, 1.82) is 0 Å². The van der Waals surface area contributed by atoms with Crippen LogP contribution < -0.4 is 0 Å². The van der Waals surface area contributed by atoms with Gasteiger partial charge in [-0.25, -0.2) is 0 Å². The molecule has 1 aliphatic rings. The summed E-state index contributed by atoms with van der Waals surface area (Å²) >= 11 is 0. The van der Waals surface area contributed by atoms with Gasteiger partial charge < -0.3 is 9.57 Å². The summed E-state index contributed by atoms with van der Waals surface area (Å²) in [5.41, 5.74) is 0. The summed E-state index contributed by atoms with van der Waals surface area (Å²) in [5.74, 6) is 0. The highest BCUT2D eigenvalue weighted by Crippen LogP contribution is 2.13. The van der Waals surface area contributed by atoms with Crippen molar-refractivity contribution in [2.24, 2.45) is 5.16 Å². The lowest BCUT2D eigenvalue weighted by atomic mass is 10.2. The molecule has 58 valence electrons. The smallest absolute Gasteiger partial charge is 0.226 e. The van der Waals surface area contributed by atoms with Gasteiger partial charge in [-0.1, -0.05) is 5.16 Å². The fourth-order valence-corrected chi connectivity index (χ4v) is 0.923. The summed E-state index contributed by atoms with van der Waals surface area (Å²) < 4.78 is 5.24. The van der Waals surface area contributed by atoms with Gasteiger partial charge in [0.1, 0.15) is 0 Å². The fourth-order valence-electron chi connectivity index (χ4n) is 0.923. The molecule has 1 atom stereocenters. The van der Waals surface area contributed by atoms with Crippen molar-refractivity contribution in [3.8, 4) is 0 Å². The molecule has 1 unspecified atom stereocenters.